The van der Waals surface area contributed by atoms with Crippen molar-refractivity contribution in [3.8, 4) is 5.75 Å². The maximum Gasteiger partial charge on any atom is 0.342 e. The number of hydrogen-bond acceptors (Lipinski definition) is 9. The number of oxime groups is 1. The van der Waals surface area contributed by atoms with Gasteiger partial charge in [-0.3, -0.25) is 9.59 Å². The predicted octanol–water partition coefficient (Wildman–Crippen LogP) is 2.87. The minimum atomic E-state index is -0.936. The van der Waals surface area contributed by atoms with Gasteiger partial charge in [0.1, 0.15) is 30.6 Å². The van der Waals surface area contributed by atoms with E-state index in [1.165, 1.54) is 49.9 Å². The third-order valence-electron chi connectivity index (χ3n) is 5.24. The molecule has 0 spiro atoms. The van der Waals surface area contributed by atoms with Crippen LogP contribution in [-0.4, -0.2) is 59.7 Å². The highest BCUT2D eigenvalue weighted by molar-refractivity contribution is 5.94. The van der Waals surface area contributed by atoms with E-state index in [4.69, 9.17) is 9.47 Å². The second-order valence-corrected chi connectivity index (χ2v) is 8.16. The zero-order valence-electron chi connectivity index (χ0n) is 21.0. The lowest BCUT2D eigenvalue weighted by molar-refractivity contribution is -0.148. The Balaban J connectivity index is 2.25. The first-order valence-corrected chi connectivity index (χ1v) is 11.6. The number of allylic oxidation sites excluding steroid dienone is 2. The Morgan fingerprint density at radius 1 is 1.27 bits per heavy atom. The monoisotopic (exact) mass is 512 g/mol. The number of nitrogens with one attached hydrogen (secondary N) is 1. The van der Waals surface area contributed by atoms with Crippen LogP contribution in [0.15, 0.2) is 71.6 Å². The topological polar surface area (TPSA) is 144 Å². The molecule has 0 saturated carbocycles. The van der Waals surface area contributed by atoms with Crippen molar-refractivity contribution in [3.63, 3.8) is 0 Å². The van der Waals surface area contributed by atoms with Gasteiger partial charge >= 0.3 is 11.9 Å². The van der Waals surface area contributed by atoms with Gasteiger partial charge in [-0.1, -0.05) is 35.5 Å². The van der Waals surface area contributed by atoms with Crippen LogP contribution in [0.4, 0.5) is 0 Å². The fourth-order valence-corrected chi connectivity index (χ4v) is 3.30. The molecule has 2 rings (SSSR count). The number of rotatable bonds is 6. The maximum absolute atomic E-state index is 13.1. The Kier molecular flexibility index (Phi) is 11.8. The minimum Gasteiger partial charge on any atom is -0.507 e. The second kappa shape index (κ2) is 15.0. The Labute approximate surface area is 215 Å². The molecule has 1 amide bonds. The van der Waals surface area contributed by atoms with Crippen LogP contribution in [0.1, 0.15) is 42.6 Å². The lowest BCUT2D eigenvalue weighted by Gasteiger charge is -2.18. The SMILES string of the molecule is CON=CC=CC(=O)NC=CC[C@H]1CC(=O)O[C@@H](C)C=C[C@@H](O)C(C)=CCc2cccc(O)c2C(=O)O1. The minimum absolute atomic E-state index is 0.0293. The molecule has 1 aromatic rings. The van der Waals surface area contributed by atoms with E-state index in [9.17, 15) is 24.6 Å². The van der Waals surface area contributed by atoms with E-state index in [1.54, 1.807) is 38.1 Å². The Bertz CT molecular complexity index is 1100. The first kappa shape index (κ1) is 29.1. The largest absolute Gasteiger partial charge is 0.507 e. The van der Waals surface area contributed by atoms with Crippen LogP contribution in [0.2, 0.25) is 0 Å². The zero-order chi connectivity index (χ0) is 27.2. The summed E-state index contributed by atoms with van der Waals surface area (Å²) < 4.78 is 10.9. The molecule has 0 fully saturated rings. The van der Waals surface area contributed by atoms with Crippen molar-refractivity contribution >= 4 is 24.1 Å². The number of amides is 1. The average molecular weight is 513 g/mol. The molecular formula is C27H32N2O8. The van der Waals surface area contributed by atoms with E-state index in [2.05, 4.69) is 15.3 Å². The number of carbonyl (C=O) groups excluding carboxylic acids is 3. The Morgan fingerprint density at radius 2 is 2.05 bits per heavy atom. The lowest BCUT2D eigenvalue weighted by Crippen LogP contribution is -2.25. The Morgan fingerprint density at radius 3 is 2.81 bits per heavy atom. The highest BCUT2D eigenvalue weighted by Crippen LogP contribution is 2.25. The molecule has 0 bridgehead atoms. The lowest BCUT2D eigenvalue weighted by atomic mass is 10.0. The number of aliphatic hydroxyl groups excluding tert-OH is 1. The summed E-state index contributed by atoms with van der Waals surface area (Å²) in [4.78, 5) is 41.9. The molecule has 3 N–H and O–H groups in total. The fourth-order valence-electron chi connectivity index (χ4n) is 3.30. The van der Waals surface area contributed by atoms with E-state index >= 15 is 0 Å². The number of phenols is 1. The van der Waals surface area contributed by atoms with Crippen molar-refractivity contribution in [3.05, 3.63) is 77.6 Å². The molecule has 3 atom stereocenters. The summed E-state index contributed by atoms with van der Waals surface area (Å²) in [5.74, 6) is -2.12. The zero-order valence-corrected chi connectivity index (χ0v) is 21.0. The summed E-state index contributed by atoms with van der Waals surface area (Å²) in [6.45, 7) is 3.38. The molecule has 0 aromatic heterocycles. The Hall–Kier alpha value is -4.18. The number of ether oxygens (including phenoxy) is 2. The first-order chi connectivity index (χ1) is 17.7. The molecule has 0 unspecified atom stereocenters. The second-order valence-electron chi connectivity index (χ2n) is 8.16. The van der Waals surface area contributed by atoms with Crippen LogP contribution >= 0.6 is 0 Å². The van der Waals surface area contributed by atoms with E-state index in [0.717, 1.165) is 0 Å². The number of nitrogens with zero attached hydrogens (tertiary/aromatic N) is 1. The number of hydrogen-bond donors (Lipinski definition) is 3. The molecule has 37 heavy (non-hydrogen) atoms. The summed E-state index contributed by atoms with van der Waals surface area (Å²) in [7, 11) is 1.38. The summed E-state index contributed by atoms with van der Waals surface area (Å²) in [6, 6.07) is 4.65. The standard InChI is InChI=1S/C27H32N2O8/c1-18-11-13-20-7-4-9-23(31)26(20)27(34)37-21(17-25(33)36-19(2)12-14-22(18)30)8-5-15-28-24(32)10-6-16-29-35-3/h4-7,9-12,14-16,19,21-22,30-31H,8,13,17H2,1-3H3,(H,28,32)/t19-,21-,22+/m0/s1. The number of phenolic OH excluding ortho intramolecular Hbond substituents is 1. The van der Waals surface area contributed by atoms with Gasteiger partial charge in [0.05, 0.1) is 18.7 Å². The third kappa shape index (κ3) is 10.1. The normalized spacial score (nSPS) is 21.6. The van der Waals surface area contributed by atoms with Crippen molar-refractivity contribution in [1.82, 2.24) is 5.32 Å². The van der Waals surface area contributed by atoms with E-state index < -0.39 is 36.2 Å². The molecule has 0 aliphatic carbocycles. The average Bonchev–Trinajstić information content (AvgIpc) is 2.85. The molecule has 1 heterocycles. The molecule has 0 saturated heterocycles. The van der Waals surface area contributed by atoms with Crippen molar-refractivity contribution in [1.29, 1.82) is 0 Å². The smallest absolute Gasteiger partial charge is 0.342 e. The molecule has 0 radical (unpaired) electrons. The van der Waals surface area contributed by atoms with Crippen molar-refractivity contribution in [2.45, 2.75) is 51.4 Å². The van der Waals surface area contributed by atoms with Crippen LogP contribution in [0.3, 0.4) is 0 Å². The van der Waals surface area contributed by atoms with Gasteiger partial charge in [-0.2, -0.15) is 0 Å². The molecule has 10 nitrogen and oxygen atoms in total. The van der Waals surface area contributed by atoms with Crippen molar-refractivity contribution in [2.24, 2.45) is 5.16 Å². The molecule has 1 aliphatic heterocycles. The van der Waals surface area contributed by atoms with Gasteiger partial charge in [0.15, 0.2) is 0 Å². The van der Waals surface area contributed by atoms with Gasteiger partial charge in [-0.05, 0) is 49.6 Å². The quantitative estimate of drug-likeness (QED) is 0.174. The first-order valence-electron chi connectivity index (χ1n) is 11.6. The van der Waals surface area contributed by atoms with Crippen LogP contribution in [0, 0.1) is 0 Å². The predicted molar refractivity (Wildman–Crippen MR) is 137 cm³/mol. The van der Waals surface area contributed by atoms with Gasteiger partial charge < -0.3 is 29.8 Å². The molecule has 1 aromatic carbocycles. The number of cyclic esters (lactones) is 2. The third-order valence-corrected chi connectivity index (χ3v) is 5.24. The number of fused-ring (bicyclic) bond motifs is 1. The fraction of sp³-hybridized carbons (Fsp3) is 0.333. The number of carbonyl (C=O) groups is 3. The number of benzene rings is 1. The maximum atomic E-state index is 13.1. The van der Waals surface area contributed by atoms with Crippen LogP contribution in [0.25, 0.3) is 0 Å². The van der Waals surface area contributed by atoms with E-state index in [-0.39, 0.29) is 30.6 Å². The summed E-state index contributed by atoms with van der Waals surface area (Å²) >= 11 is 0. The summed E-state index contributed by atoms with van der Waals surface area (Å²) in [5.41, 5.74) is 1.09. The van der Waals surface area contributed by atoms with Crippen LogP contribution in [0.5, 0.6) is 5.75 Å². The van der Waals surface area contributed by atoms with Crippen molar-refractivity contribution in [2.75, 3.05) is 7.11 Å². The molecular weight excluding hydrogens is 480 g/mol. The molecule has 198 valence electrons. The highest BCUT2D eigenvalue weighted by atomic mass is 16.6. The van der Waals surface area contributed by atoms with Gasteiger partial charge in [0.25, 0.3) is 0 Å². The van der Waals surface area contributed by atoms with Gasteiger partial charge in [0.2, 0.25) is 5.91 Å². The molecule has 1 aliphatic rings. The molecule has 10 heteroatoms. The number of esters is 2. The van der Waals surface area contributed by atoms with Gasteiger partial charge in [-0.15, -0.1) is 0 Å². The van der Waals surface area contributed by atoms with E-state index in [0.29, 0.717) is 11.1 Å². The number of aliphatic hydroxyl groups is 1. The van der Waals surface area contributed by atoms with Gasteiger partial charge in [-0.25, -0.2) is 4.79 Å². The van der Waals surface area contributed by atoms with Crippen LogP contribution < -0.4 is 5.32 Å². The van der Waals surface area contributed by atoms with Crippen LogP contribution in [-0.2, 0) is 30.3 Å². The highest BCUT2D eigenvalue weighted by Gasteiger charge is 2.24. The summed E-state index contributed by atoms with van der Waals surface area (Å²) in [6.07, 6.45) is 9.26. The van der Waals surface area contributed by atoms with Crippen molar-refractivity contribution < 1.29 is 38.9 Å². The van der Waals surface area contributed by atoms with Gasteiger partial charge in [0, 0.05) is 18.7 Å². The summed E-state index contributed by atoms with van der Waals surface area (Å²) in [5, 5.41) is 26.7. The number of aromatic hydroxyl groups is 1. The van der Waals surface area contributed by atoms with E-state index in [1.807, 2.05) is 0 Å².